The summed E-state index contributed by atoms with van der Waals surface area (Å²) in [5.74, 6) is 0.0507. The van der Waals surface area contributed by atoms with Crippen molar-refractivity contribution in [2.75, 3.05) is 11.4 Å². The van der Waals surface area contributed by atoms with Crippen molar-refractivity contribution < 1.29 is 9.59 Å². The molecule has 0 N–H and O–H groups in total. The van der Waals surface area contributed by atoms with E-state index < -0.39 is 0 Å². The fourth-order valence-electron chi connectivity index (χ4n) is 1.97. The molecule has 4 heteroatoms. The number of nitrogens with zero attached hydrogens (tertiary/aromatic N) is 2. The van der Waals surface area contributed by atoms with Crippen molar-refractivity contribution in [1.82, 2.24) is 0 Å². The molecule has 1 aliphatic rings. The molecular weight excluding hydrogens is 204 g/mol. The van der Waals surface area contributed by atoms with Gasteiger partial charge in [-0.15, -0.1) is 0 Å². The Labute approximate surface area is 93.6 Å². The zero-order chi connectivity index (χ0) is 11.5. The Balaban J connectivity index is 2.33. The predicted molar refractivity (Wildman–Crippen MR) is 60.0 cm³/mol. The smallest absolute Gasteiger partial charge is 0.235 e. The molecule has 0 aliphatic carbocycles. The Morgan fingerprint density at radius 3 is 3.06 bits per heavy atom. The highest BCUT2D eigenvalue weighted by atomic mass is 16.2. The SMILES string of the molecule is CC(=O)N1CCc2ccc(CN=C=O)cc21. The highest BCUT2D eigenvalue weighted by Gasteiger charge is 2.21. The van der Waals surface area contributed by atoms with Crippen molar-refractivity contribution in [1.29, 1.82) is 0 Å². The van der Waals surface area contributed by atoms with Crippen LogP contribution < -0.4 is 4.90 Å². The third-order valence-corrected chi connectivity index (χ3v) is 2.75. The van der Waals surface area contributed by atoms with Crippen LogP contribution in [0, 0.1) is 0 Å². The van der Waals surface area contributed by atoms with Crippen LogP contribution in [0.3, 0.4) is 0 Å². The van der Waals surface area contributed by atoms with Gasteiger partial charge in [0, 0.05) is 19.2 Å². The molecule has 0 atom stereocenters. The molecule has 0 spiro atoms. The molecule has 4 nitrogen and oxygen atoms in total. The molecule has 1 aliphatic heterocycles. The van der Waals surface area contributed by atoms with E-state index in [1.807, 2.05) is 18.2 Å². The number of benzene rings is 1. The molecule has 16 heavy (non-hydrogen) atoms. The second-order valence-corrected chi connectivity index (χ2v) is 3.79. The normalized spacial score (nSPS) is 13.2. The van der Waals surface area contributed by atoms with E-state index in [0.717, 1.165) is 24.2 Å². The molecule has 0 fully saturated rings. The van der Waals surface area contributed by atoms with Crippen LogP contribution in [0.2, 0.25) is 0 Å². The molecule has 1 aromatic rings. The molecular formula is C12H12N2O2. The Morgan fingerprint density at radius 1 is 1.56 bits per heavy atom. The molecule has 0 radical (unpaired) electrons. The van der Waals surface area contributed by atoms with E-state index in [4.69, 9.17) is 0 Å². The number of isocyanates is 1. The van der Waals surface area contributed by atoms with Gasteiger partial charge in [0.1, 0.15) is 0 Å². The number of carbonyl (C=O) groups is 1. The number of fused-ring (bicyclic) bond motifs is 1. The van der Waals surface area contributed by atoms with Gasteiger partial charge in [-0.3, -0.25) is 4.79 Å². The van der Waals surface area contributed by atoms with Gasteiger partial charge >= 0.3 is 0 Å². The highest BCUT2D eigenvalue weighted by molar-refractivity contribution is 5.93. The van der Waals surface area contributed by atoms with Crippen LogP contribution in [0.5, 0.6) is 0 Å². The third-order valence-electron chi connectivity index (χ3n) is 2.75. The summed E-state index contributed by atoms with van der Waals surface area (Å²) in [6.45, 7) is 2.62. The minimum absolute atomic E-state index is 0.0507. The van der Waals surface area contributed by atoms with Crippen LogP contribution in [0.25, 0.3) is 0 Å². The summed E-state index contributed by atoms with van der Waals surface area (Å²) in [7, 11) is 0. The van der Waals surface area contributed by atoms with E-state index in [1.165, 1.54) is 11.6 Å². The standard InChI is InChI=1S/C12H12N2O2/c1-9(16)14-5-4-11-3-2-10(6-12(11)14)7-13-8-15/h2-3,6H,4-5,7H2,1H3. The number of aliphatic imine (C=N–C) groups is 1. The maximum atomic E-state index is 11.4. The summed E-state index contributed by atoms with van der Waals surface area (Å²) >= 11 is 0. The monoisotopic (exact) mass is 216 g/mol. The maximum Gasteiger partial charge on any atom is 0.235 e. The summed E-state index contributed by atoms with van der Waals surface area (Å²) in [4.78, 5) is 26.7. The molecule has 0 aromatic heterocycles. The fraction of sp³-hybridized carbons (Fsp3) is 0.333. The lowest BCUT2D eigenvalue weighted by Crippen LogP contribution is -2.25. The van der Waals surface area contributed by atoms with Crippen molar-refractivity contribution in [3.63, 3.8) is 0 Å². The number of hydrogen-bond acceptors (Lipinski definition) is 3. The van der Waals surface area contributed by atoms with Crippen molar-refractivity contribution in [2.45, 2.75) is 19.9 Å². The summed E-state index contributed by atoms with van der Waals surface area (Å²) in [5, 5.41) is 0. The minimum Gasteiger partial charge on any atom is -0.312 e. The summed E-state index contributed by atoms with van der Waals surface area (Å²) in [6.07, 6.45) is 2.41. The van der Waals surface area contributed by atoms with Crippen molar-refractivity contribution in [2.24, 2.45) is 4.99 Å². The molecule has 0 saturated heterocycles. The number of anilines is 1. The first-order valence-corrected chi connectivity index (χ1v) is 5.16. The highest BCUT2D eigenvalue weighted by Crippen LogP contribution is 2.29. The quantitative estimate of drug-likeness (QED) is 0.554. The van der Waals surface area contributed by atoms with E-state index in [0.29, 0.717) is 6.54 Å². The Kier molecular flexibility index (Phi) is 2.84. The lowest BCUT2D eigenvalue weighted by atomic mass is 10.1. The first-order valence-electron chi connectivity index (χ1n) is 5.16. The Hall–Kier alpha value is -1.93. The third kappa shape index (κ3) is 1.88. The van der Waals surface area contributed by atoms with Gasteiger partial charge in [-0.1, -0.05) is 12.1 Å². The van der Waals surface area contributed by atoms with E-state index in [9.17, 15) is 9.59 Å². The molecule has 0 unspecified atom stereocenters. The van der Waals surface area contributed by atoms with Gasteiger partial charge in [-0.05, 0) is 23.6 Å². The first-order chi connectivity index (χ1) is 7.72. The van der Waals surface area contributed by atoms with Gasteiger partial charge in [-0.2, -0.15) is 0 Å². The largest absolute Gasteiger partial charge is 0.312 e. The fourth-order valence-corrected chi connectivity index (χ4v) is 1.97. The van der Waals surface area contributed by atoms with Gasteiger partial charge in [0.25, 0.3) is 0 Å². The van der Waals surface area contributed by atoms with Gasteiger partial charge in [0.05, 0.1) is 6.54 Å². The summed E-state index contributed by atoms with van der Waals surface area (Å²) < 4.78 is 0. The molecule has 1 aromatic carbocycles. The molecule has 1 amide bonds. The molecule has 1 heterocycles. The maximum absolute atomic E-state index is 11.4. The molecule has 2 rings (SSSR count). The van der Waals surface area contributed by atoms with Crippen molar-refractivity contribution in [3.8, 4) is 0 Å². The number of amides is 1. The molecule has 0 bridgehead atoms. The van der Waals surface area contributed by atoms with Crippen LogP contribution in [-0.4, -0.2) is 18.5 Å². The second-order valence-electron chi connectivity index (χ2n) is 3.79. The lowest BCUT2D eigenvalue weighted by Gasteiger charge is -2.15. The summed E-state index contributed by atoms with van der Waals surface area (Å²) in [6, 6.07) is 5.85. The Bertz CT molecular complexity index is 476. The minimum atomic E-state index is 0.0507. The molecule has 0 saturated carbocycles. The van der Waals surface area contributed by atoms with Crippen LogP contribution >= 0.6 is 0 Å². The Morgan fingerprint density at radius 2 is 2.38 bits per heavy atom. The van der Waals surface area contributed by atoms with E-state index in [-0.39, 0.29) is 5.91 Å². The van der Waals surface area contributed by atoms with E-state index in [1.54, 1.807) is 11.8 Å². The topological polar surface area (TPSA) is 49.7 Å². The van der Waals surface area contributed by atoms with Crippen LogP contribution in [0.4, 0.5) is 5.69 Å². The number of rotatable bonds is 2. The number of hydrogen-bond donors (Lipinski definition) is 0. The lowest BCUT2D eigenvalue weighted by molar-refractivity contribution is -0.116. The first kappa shape index (κ1) is 10.6. The average molecular weight is 216 g/mol. The number of carbonyl (C=O) groups excluding carboxylic acids is 2. The summed E-state index contributed by atoms with van der Waals surface area (Å²) in [5.41, 5.74) is 3.05. The van der Waals surface area contributed by atoms with Gasteiger partial charge in [0.15, 0.2) is 0 Å². The molecule has 82 valence electrons. The van der Waals surface area contributed by atoms with Crippen LogP contribution in [0.1, 0.15) is 18.1 Å². The van der Waals surface area contributed by atoms with E-state index >= 15 is 0 Å². The van der Waals surface area contributed by atoms with Gasteiger partial charge in [-0.25, -0.2) is 9.79 Å². The second kappa shape index (κ2) is 4.29. The van der Waals surface area contributed by atoms with Gasteiger partial charge in [0.2, 0.25) is 12.0 Å². The van der Waals surface area contributed by atoms with Crippen LogP contribution in [-0.2, 0) is 22.6 Å². The van der Waals surface area contributed by atoms with Crippen molar-refractivity contribution >= 4 is 17.7 Å². The van der Waals surface area contributed by atoms with Gasteiger partial charge < -0.3 is 4.90 Å². The van der Waals surface area contributed by atoms with Crippen LogP contribution in [0.15, 0.2) is 23.2 Å². The zero-order valence-corrected chi connectivity index (χ0v) is 9.06. The van der Waals surface area contributed by atoms with E-state index in [2.05, 4.69) is 4.99 Å². The van der Waals surface area contributed by atoms with Crippen molar-refractivity contribution in [3.05, 3.63) is 29.3 Å². The average Bonchev–Trinajstić information content (AvgIpc) is 2.69. The zero-order valence-electron chi connectivity index (χ0n) is 9.06. The predicted octanol–water partition coefficient (Wildman–Crippen LogP) is 1.43.